The summed E-state index contributed by atoms with van der Waals surface area (Å²) in [5.74, 6) is -0.165. The quantitative estimate of drug-likeness (QED) is 0.678. The number of anilines is 1. The maximum Gasteiger partial charge on any atom is 0.311 e. The van der Waals surface area contributed by atoms with Gasteiger partial charge in [-0.25, -0.2) is 4.98 Å². The highest BCUT2D eigenvalue weighted by atomic mass is 32.2. The minimum Gasteiger partial charge on any atom is -0.378 e. The molecule has 2 aromatic rings. The van der Waals surface area contributed by atoms with Crippen molar-refractivity contribution >= 4 is 29.0 Å². The molecule has 0 fully saturated rings. The molecule has 1 heterocycles. The molecule has 0 radical (unpaired) electrons. The number of non-ortho nitro benzene ring substituents is 1. The summed E-state index contributed by atoms with van der Waals surface area (Å²) < 4.78 is 0. The molecule has 20 heavy (non-hydrogen) atoms. The Labute approximate surface area is 116 Å². The zero-order valence-electron chi connectivity index (χ0n) is 9.92. The van der Waals surface area contributed by atoms with Crippen molar-refractivity contribution in [1.29, 1.82) is 0 Å². The van der Waals surface area contributed by atoms with Crippen molar-refractivity contribution in [2.75, 3.05) is 5.73 Å². The van der Waals surface area contributed by atoms with Gasteiger partial charge in [-0.3, -0.25) is 20.2 Å². The van der Waals surface area contributed by atoms with Gasteiger partial charge in [0.2, 0.25) is 5.82 Å². The summed E-state index contributed by atoms with van der Waals surface area (Å²) in [6.45, 7) is 0. The molecule has 1 aromatic heterocycles. The van der Waals surface area contributed by atoms with Crippen molar-refractivity contribution in [1.82, 2.24) is 4.98 Å². The predicted octanol–water partition coefficient (Wildman–Crippen LogP) is 2.63. The summed E-state index contributed by atoms with van der Waals surface area (Å²) in [4.78, 5) is 24.7. The molecule has 0 saturated carbocycles. The Balaban J connectivity index is 2.19. The number of pyridine rings is 1. The molecule has 0 spiro atoms. The molecule has 0 atom stereocenters. The largest absolute Gasteiger partial charge is 0.378 e. The van der Waals surface area contributed by atoms with Crippen molar-refractivity contribution in [2.45, 2.75) is 9.92 Å². The Bertz CT molecular complexity index is 675. The molecule has 0 saturated heterocycles. The van der Waals surface area contributed by atoms with Crippen LogP contribution in [0.25, 0.3) is 0 Å². The van der Waals surface area contributed by atoms with Crippen LogP contribution in [0, 0.1) is 20.2 Å². The molecule has 0 aliphatic carbocycles. The van der Waals surface area contributed by atoms with Crippen LogP contribution in [-0.4, -0.2) is 14.8 Å². The average molecular weight is 292 g/mol. The Hall–Kier alpha value is -2.68. The zero-order valence-corrected chi connectivity index (χ0v) is 10.7. The summed E-state index contributed by atoms with van der Waals surface area (Å²) >= 11 is 1.21. The smallest absolute Gasteiger partial charge is 0.311 e. The van der Waals surface area contributed by atoms with Crippen LogP contribution in [0.1, 0.15) is 0 Å². The first-order valence-corrected chi connectivity index (χ1v) is 6.12. The third-order valence-electron chi connectivity index (χ3n) is 2.34. The van der Waals surface area contributed by atoms with Gasteiger partial charge in [0.05, 0.1) is 9.85 Å². The van der Waals surface area contributed by atoms with E-state index in [4.69, 9.17) is 5.73 Å². The van der Waals surface area contributed by atoms with Gasteiger partial charge in [-0.1, -0.05) is 11.8 Å². The summed E-state index contributed by atoms with van der Waals surface area (Å²) in [5, 5.41) is 21.6. The van der Waals surface area contributed by atoms with Gasteiger partial charge in [-0.15, -0.1) is 0 Å². The summed E-state index contributed by atoms with van der Waals surface area (Å²) in [7, 11) is 0. The highest BCUT2D eigenvalue weighted by molar-refractivity contribution is 7.99. The maximum atomic E-state index is 10.6. The average Bonchev–Trinajstić information content (AvgIpc) is 2.39. The first kappa shape index (κ1) is 13.7. The van der Waals surface area contributed by atoms with Crippen molar-refractivity contribution in [3.05, 3.63) is 56.6 Å². The van der Waals surface area contributed by atoms with E-state index < -0.39 is 9.85 Å². The van der Waals surface area contributed by atoms with Crippen LogP contribution < -0.4 is 5.73 Å². The molecular formula is C11H8N4O4S. The van der Waals surface area contributed by atoms with E-state index in [2.05, 4.69) is 4.98 Å². The molecule has 0 bridgehead atoms. The first-order chi connectivity index (χ1) is 9.47. The zero-order chi connectivity index (χ0) is 14.7. The number of nitro groups is 2. The molecule has 9 heteroatoms. The van der Waals surface area contributed by atoms with E-state index in [1.807, 2.05) is 0 Å². The van der Waals surface area contributed by atoms with Gasteiger partial charge in [0.1, 0.15) is 5.03 Å². The van der Waals surface area contributed by atoms with Gasteiger partial charge in [-0.05, 0) is 18.2 Å². The standard InChI is InChI=1S/C11H8N4O4S/c12-11-9(15(18)19)5-6-10(13-11)20-8-3-1-7(2-4-8)14(16)17/h1-6H,(H2,12,13). The predicted molar refractivity (Wildman–Crippen MR) is 72.5 cm³/mol. The lowest BCUT2D eigenvalue weighted by Gasteiger charge is -2.02. The number of nitrogen functional groups attached to an aromatic ring is 1. The molecule has 102 valence electrons. The van der Waals surface area contributed by atoms with Crippen molar-refractivity contribution in [3.63, 3.8) is 0 Å². The van der Waals surface area contributed by atoms with Gasteiger partial charge in [0.15, 0.2) is 0 Å². The van der Waals surface area contributed by atoms with Crippen LogP contribution >= 0.6 is 11.8 Å². The Morgan fingerprint density at radius 3 is 2.15 bits per heavy atom. The number of nitrogens with zero attached hydrogens (tertiary/aromatic N) is 3. The van der Waals surface area contributed by atoms with Crippen molar-refractivity contribution in [3.8, 4) is 0 Å². The van der Waals surface area contributed by atoms with Gasteiger partial charge >= 0.3 is 5.69 Å². The van der Waals surface area contributed by atoms with Crippen molar-refractivity contribution in [2.24, 2.45) is 0 Å². The van der Waals surface area contributed by atoms with Gasteiger partial charge in [-0.2, -0.15) is 0 Å². The number of hydrogen-bond donors (Lipinski definition) is 1. The Morgan fingerprint density at radius 1 is 1.00 bits per heavy atom. The van der Waals surface area contributed by atoms with Gasteiger partial charge in [0, 0.05) is 23.1 Å². The fourth-order valence-corrected chi connectivity index (χ4v) is 2.21. The number of aromatic nitrogens is 1. The lowest BCUT2D eigenvalue weighted by molar-refractivity contribution is -0.384. The number of rotatable bonds is 4. The van der Waals surface area contributed by atoms with Crippen LogP contribution in [0.15, 0.2) is 46.3 Å². The number of hydrogen-bond acceptors (Lipinski definition) is 7. The number of nitro benzene ring substituents is 1. The third kappa shape index (κ3) is 3.01. The van der Waals surface area contributed by atoms with Gasteiger partial charge in [0.25, 0.3) is 5.69 Å². The van der Waals surface area contributed by atoms with Crippen LogP contribution in [0.5, 0.6) is 0 Å². The minimum absolute atomic E-state index is 0.00878. The summed E-state index contributed by atoms with van der Waals surface area (Å²) in [6, 6.07) is 8.63. The summed E-state index contributed by atoms with van der Waals surface area (Å²) in [5.41, 5.74) is 5.22. The lowest BCUT2D eigenvalue weighted by atomic mass is 10.3. The van der Waals surface area contributed by atoms with Crippen LogP contribution in [-0.2, 0) is 0 Å². The van der Waals surface area contributed by atoms with E-state index in [1.54, 1.807) is 12.1 Å². The second kappa shape index (κ2) is 5.53. The van der Waals surface area contributed by atoms with E-state index >= 15 is 0 Å². The summed E-state index contributed by atoms with van der Waals surface area (Å²) in [6.07, 6.45) is 0. The van der Waals surface area contributed by atoms with Crippen LogP contribution in [0.4, 0.5) is 17.2 Å². The monoisotopic (exact) mass is 292 g/mol. The Kier molecular flexibility index (Phi) is 3.80. The lowest BCUT2D eigenvalue weighted by Crippen LogP contribution is -1.98. The minimum atomic E-state index is -0.608. The van der Waals surface area contributed by atoms with Crippen LogP contribution in [0.2, 0.25) is 0 Å². The maximum absolute atomic E-state index is 10.6. The molecule has 0 unspecified atom stereocenters. The highest BCUT2D eigenvalue weighted by Gasteiger charge is 2.13. The number of benzene rings is 1. The van der Waals surface area contributed by atoms with E-state index in [0.29, 0.717) is 5.03 Å². The Morgan fingerprint density at radius 2 is 1.65 bits per heavy atom. The molecule has 0 aliphatic rings. The fourth-order valence-electron chi connectivity index (χ4n) is 1.42. The van der Waals surface area contributed by atoms with Crippen LogP contribution in [0.3, 0.4) is 0 Å². The van der Waals surface area contributed by atoms with E-state index in [0.717, 1.165) is 4.90 Å². The van der Waals surface area contributed by atoms with Crippen molar-refractivity contribution < 1.29 is 9.85 Å². The molecule has 2 rings (SSSR count). The van der Waals surface area contributed by atoms with E-state index in [-0.39, 0.29) is 17.2 Å². The SMILES string of the molecule is Nc1nc(Sc2ccc([N+](=O)[O-])cc2)ccc1[N+](=O)[O-]. The topological polar surface area (TPSA) is 125 Å². The molecule has 1 aromatic carbocycles. The van der Waals surface area contributed by atoms with Gasteiger partial charge < -0.3 is 5.73 Å². The fraction of sp³-hybridized carbons (Fsp3) is 0. The van der Waals surface area contributed by atoms with E-state index in [1.165, 1.54) is 36.0 Å². The normalized spacial score (nSPS) is 10.2. The molecule has 2 N–H and O–H groups in total. The molecule has 8 nitrogen and oxygen atoms in total. The highest BCUT2D eigenvalue weighted by Crippen LogP contribution is 2.30. The molecule has 0 amide bonds. The molecular weight excluding hydrogens is 284 g/mol. The third-order valence-corrected chi connectivity index (χ3v) is 3.29. The van der Waals surface area contributed by atoms with E-state index in [9.17, 15) is 20.2 Å². The first-order valence-electron chi connectivity index (χ1n) is 5.30. The number of nitrogens with two attached hydrogens (primary N) is 1. The molecule has 0 aliphatic heterocycles. The second-order valence-electron chi connectivity index (χ2n) is 3.66. The second-order valence-corrected chi connectivity index (χ2v) is 4.76.